The summed E-state index contributed by atoms with van der Waals surface area (Å²) in [6.45, 7) is 0.876. The van der Waals surface area contributed by atoms with E-state index in [1.54, 1.807) is 12.1 Å². The van der Waals surface area contributed by atoms with Crippen molar-refractivity contribution in [2.45, 2.75) is 38.5 Å². The summed E-state index contributed by atoms with van der Waals surface area (Å²) >= 11 is 0. The van der Waals surface area contributed by atoms with Crippen LogP contribution in [-0.4, -0.2) is 29.2 Å². The third-order valence-corrected chi connectivity index (χ3v) is 3.97. The second-order valence-electron chi connectivity index (χ2n) is 5.57. The lowest BCUT2D eigenvalue weighted by Gasteiger charge is -2.26. The van der Waals surface area contributed by atoms with Crippen LogP contribution in [0.1, 0.15) is 44.2 Å². The highest BCUT2D eigenvalue weighted by Gasteiger charge is 2.17. The maximum Gasteiger partial charge on any atom is 0.236 e. The van der Waals surface area contributed by atoms with Crippen molar-refractivity contribution in [2.75, 3.05) is 18.0 Å². The van der Waals surface area contributed by atoms with Crippen molar-refractivity contribution in [3.8, 4) is 6.07 Å². The summed E-state index contributed by atoms with van der Waals surface area (Å²) in [5.74, 6) is 0.939. The average molecular weight is 287 g/mol. The van der Waals surface area contributed by atoms with E-state index >= 15 is 0 Å². The predicted molar refractivity (Wildman–Crippen MR) is 79.3 cm³/mol. The van der Waals surface area contributed by atoms with Gasteiger partial charge < -0.3 is 10.6 Å². The molecule has 2 rings (SSSR count). The molecule has 0 radical (unpaired) electrons. The van der Waals surface area contributed by atoms with Gasteiger partial charge in [-0.15, -0.1) is 10.2 Å². The molecule has 1 fully saturated rings. The minimum absolute atomic E-state index is 0.132. The third-order valence-electron chi connectivity index (χ3n) is 3.97. The summed E-state index contributed by atoms with van der Waals surface area (Å²) in [7, 11) is 0. The molecule has 1 aliphatic carbocycles. The van der Waals surface area contributed by atoms with E-state index < -0.39 is 0 Å². The molecule has 0 aliphatic heterocycles. The first kappa shape index (κ1) is 15.2. The van der Waals surface area contributed by atoms with Crippen LogP contribution in [0.15, 0.2) is 12.1 Å². The van der Waals surface area contributed by atoms with Crippen LogP contribution in [0.4, 0.5) is 5.82 Å². The van der Waals surface area contributed by atoms with Crippen LogP contribution in [0, 0.1) is 17.2 Å². The number of nitrogens with two attached hydrogens (primary N) is 1. The smallest absolute Gasteiger partial charge is 0.236 e. The Balaban J connectivity index is 1.99. The molecule has 6 heteroatoms. The number of rotatable bonds is 6. The van der Waals surface area contributed by atoms with Crippen LogP contribution >= 0.6 is 0 Å². The minimum Gasteiger partial charge on any atom is -0.368 e. The molecule has 1 aromatic heterocycles. The van der Waals surface area contributed by atoms with Crippen molar-refractivity contribution in [1.82, 2.24) is 10.2 Å². The lowest BCUT2D eigenvalue weighted by atomic mass is 9.87. The fraction of sp³-hybridized carbons (Fsp3) is 0.600. The Hall–Kier alpha value is -2.16. The first-order chi connectivity index (χ1) is 10.2. The number of amides is 1. The van der Waals surface area contributed by atoms with Crippen molar-refractivity contribution >= 4 is 11.7 Å². The van der Waals surface area contributed by atoms with Crippen LogP contribution in [0.25, 0.3) is 0 Å². The average Bonchev–Trinajstić information content (AvgIpc) is 2.52. The number of primary amides is 1. The van der Waals surface area contributed by atoms with E-state index in [9.17, 15) is 4.79 Å². The molecule has 0 unspecified atom stereocenters. The number of carbonyl (C=O) groups excluding carboxylic acids is 1. The van der Waals surface area contributed by atoms with Gasteiger partial charge in [0.05, 0.1) is 6.54 Å². The fourth-order valence-electron chi connectivity index (χ4n) is 2.83. The lowest BCUT2D eigenvalue weighted by molar-refractivity contribution is -0.116. The van der Waals surface area contributed by atoms with Crippen LogP contribution in [0.5, 0.6) is 0 Å². The van der Waals surface area contributed by atoms with Gasteiger partial charge in [-0.3, -0.25) is 4.79 Å². The zero-order chi connectivity index (χ0) is 15.1. The second-order valence-corrected chi connectivity index (χ2v) is 5.57. The molecule has 2 N–H and O–H groups in total. The van der Waals surface area contributed by atoms with Gasteiger partial charge in [-0.05, 0) is 24.5 Å². The number of anilines is 1. The summed E-state index contributed by atoms with van der Waals surface area (Å²) in [5, 5.41) is 16.6. The summed E-state index contributed by atoms with van der Waals surface area (Å²) in [6, 6.07) is 5.26. The zero-order valence-electron chi connectivity index (χ0n) is 12.2. The SMILES string of the molecule is N#Cc1ccc(N(CCC2CCCCC2)CC(N)=O)nn1. The summed E-state index contributed by atoms with van der Waals surface area (Å²) in [6.07, 6.45) is 7.51. The highest BCUT2D eigenvalue weighted by Crippen LogP contribution is 2.26. The molecule has 1 aromatic rings. The Morgan fingerprint density at radius 1 is 1.33 bits per heavy atom. The zero-order valence-corrected chi connectivity index (χ0v) is 12.2. The number of nitriles is 1. The van der Waals surface area contributed by atoms with Gasteiger partial charge in [0.15, 0.2) is 11.5 Å². The van der Waals surface area contributed by atoms with E-state index in [4.69, 9.17) is 11.0 Å². The predicted octanol–water partition coefficient (Wildman–Crippen LogP) is 1.61. The number of hydrogen-bond acceptors (Lipinski definition) is 5. The van der Waals surface area contributed by atoms with Crippen molar-refractivity contribution in [1.29, 1.82) is 5.26 Å². The Morgan fingerprint density at radius 3 is 2.67 bits per heavy atom. The Kier molecular flexibility index (Phi) is 5.50. The first-order valence-electron chi connectivity index (χ1n) is 7.46. The van der Waals surface area contributed by atoms with Crippen LogP contribution in [0.3, 0.4) is 0 Å². The standard InChI is InChI=1S/C15H21N5O/c16-10-13-6-7-15(19-18-13)20(11-14(17)21)9-8-12-4-2-1-3-5-12/h6-7,12H,1-5,8-9,11H2,(H2,17,21). The van der Waals surface area contributed by atoms with Gasteiger partial charge in [0, 0.05) is 6.54 Å². The largest absolute Gasteiger partial charge is 0.368 e. The first-order valence-corrected chi connectivity index (χ1v) is 7.46. The number of carbonyl (C=O) groups is 1. The molecule has 0 bridgehead atoms. The van der Waals surface area contributed by atoms with Gasteiger partial charge in [0.2, 0.25) is 5.91 Å². The molecule has 1 saturated carbocycles. The Morgan fingerprint density at radius 2 is 2.10 bits per heavy atom. The number of hydrogen-bond donors (Lipinski definition) is 1. The number of nitrogens with zero attached hydrogens (tertiary/aromatic N) is 4. The molecule has 0 atom stereocenters. The molecule has 0 saturated heterocycles. The minimum atomic E-state index is -0.384. The van der Waals surface area contributed by atoms with Gasteiger partial charge in [-0.25, -0.2) is 0 Å². The van der Waals surface area contributed by atoms with Crippen LogP contribution in [0.2, 0.25) is 0 Å². The molecule has 1 heterocycles. The van der Waals surface area contributed by atoms with Gasteiger partial charge in [0.25, 0.3) is 0 Å². The van der Waals surface area contributed by atoms with Crippen molar-refractivity contribution < 1.29 is 4.79 Å². The van der Waals surface area contributed by atoms with Crippen LogP contribution < -0.4 is 10.6 Å². The Bertz CT molecular complexity index is 502. The Labute approximate surface area is 125 Å². The van der Waals surface area contributed by atoms with E-state index in [0.717, 1.165) is 18.9 Å². The third kappa shape index (κ3) is 4.71. The quantitative estimate of drug-likeness (QED) is 0.857. The number of aromatic nitrogens is 2. The van der Waals surface area contributed by atoms with Crippen molar-refractivity contribution in [3.63, 3.8) is 0 Å². The molecular formula is C15H21N5O. The highest BCUT2D eigenvalue weighted by atomic mass is 16.1. The molecule has 0 aromatic carbocycles. The fourth-order valence-corrected chi connectivity index (χ4v) is 2.83. The normalized spacial score (nSPS) is 15.4. The van der Waals surface area contributed by atoms with E-state index in [-0.39, 0.29) is 18.1 Å². The lowest BCUT2D eigenvalue weighted by Crippen LogP contribution is -2.36. The van der Waals surface area contributed by atoms with E-state index in [0.29, 0.717) is 5.82 Å². The van der Waals surface area contributed by atoms with Crippen molar-refractivity contribution in [3.05, 3.63) is 17.8 Å². The maximum atomic E-state index is 11.2. The molecule has 1 amide bonds. The van der Waals surface area contributed by atoms with Gasteiger partial charge >= 0.3 is 0 Å². The summed E-state index contributed by atoms with van der Waals surface area (Å²) in [5.41, 5.74) is 5.58. The second kappa shape index (κ2) is 7.58. The molecular weight excluding hydrogens is 266 g/mol. The summed E-state index contributed by atoms with van der Waals surface area (Å²) < 4.78 is 0. The van der Waals surface area contributed by atoms with Gasteiger partial charge in [-0.1, -0.05) is 32.1 Å². The van der Waals surface area contributed by atoms with E-state index in [2.05, 4.69) is 10.2 Å². The van der Waals surface area contributed by atoms with Crippen LogP contribution in [-0.2, 0) is 4.79 Å². The monoisotopic (exact) mass is 287 g/mol. The molecule has 112 valence electrons. The topological polar surface area (TPSA) is 95.9 Å². The molecule has 1 aliphatic rings. The molecule has 6 nitrogen and oxygen atoms in total. The van der Waals surface area contributed by atoms with E-state index in [1.807, 2.05) is 11.0 Å². The molecule has 21 heavy (non-hydrogen) atoms. The van der Waals surface area contributed by atoms with Crippen molar-refractivity contribution in [2.24, 2.45) is 11.7 Å². The maximum absolute atomic E-state index is 11.2. The highest BCUT2D eigenvalue weighted by molar-refractivity contribution is 5.79. The van der Waals surface area contributed by atoms with E-state index in [1.165, 1.54) is 32.1 Å². The molecule has 0 spiro atoms. The summed E-state index contributed by atoms with van der Waals surface area (Å²) in [4.78, 5) is 13.1. The van der Waals surface area contributed by atoms with Gasteiger partial charge in [-0.2, -0.15) is 5.26 Å². The van der Waals surface area contributed by atoms with Gasteiger partial charge in [0.1, 0.15) is 6.07 Å².